The second-order valence-corrected chi connectivity index (χ2v) is 1.84. The first-order valence-electron chi connectivity index (χ1n) is 3.38. The molecule has 0 saturated carbocycles. The minimum Gasteiger partial charge on any atom is -0.356 e. The van der Waals surface area contributed by atoms with Crippen molar-refractivity contribution in [3.8, 4) is 0 Å². The minimum atomic E-state index is -0.281. The Morgan fingerprint density at radius 1 is 1.27 bits per heavy atom. The highest BCUT2D eigenvalue weighted by Crippen LogP contribution is 1.73. The summed E-state index contributed by atoms with van der Waals surface area (Å²) in [6.45, 7) is 2.38. The molecule has 11 heavy (non-hydrogen) atoms. The first-order chi connectivity index (χ1) is 5.20. The summed E-state index contributed by atoms with van der Waals surface area (Å²) in [6, 6.07) is 0. The number of hydrogen-bond donors (Lipinski definition) is 2. The molecule has 0 aromatic carbocycles. The zero-order valence-corrected chi connectivity index (χ0v) is 6.68. The third-order valence-electron chi connectivity index (χ3n) is 0.983. The van der Waals surface area contributed by atoms with E-state index in [2.05, 4.69) is 10.6 Å². The molecule has 0 aliphatic heterocycles. The van der Waals surface area contributed by atoms with Gasteiger partial charge in [0.2, 0.25) is 11.8 Å². The highest BCUT2D eigenvalue weighted by atomic mass is 16.2. The number of carbonyl (C=O) groups is 2. The van der Waals surface area contributed by atoms with Gasteiger partial charge in [-0.2, -0.15) is 0 Å². The number of carbonyl (C=O) groups excluding carboxylic acids is 2. The summed E-state index contributed by atoms with van der Waals surface area (Å²) < 4.78 is 0. The molecule has 4 nitrogen and oxygen atoms in total. The molecule has 0 atom stereocenters. The SMILES string of the molecule is CCNC(=O)/C=C/C(=O)NC. The van der Waals surface area contributed by atoms with Crippen LogP contribution in [0.15, 0.2) is 12.2 Å². The van der Waals surface area contributed by atoms with Crippen LogP contribution in [-0.2, 0) is 9.59 Å². The smallest absolute Gasteiger partial charge is 0.244 e. The molecule has 0 aliphatic carbocycles. The Hall–Kier alpha value is -1.32. The van der Waals surface area contributed by atoms with Gasteiger partial charge in [-0.3, -0.25) is 9.59 Å². The Labute approximate surface area is 65.7 Å². The summed E-state index contributed by atoms with van der Waals surface area (Å²) in [5.74, 6) is -0.535. The summed E-state index contributed by atoms with van der Waals surface area (Å²) in [4.78, 5) is 21.2. The Balaban J connectivity index is 3.73. The van der Waals surface area contributed by atoms with Gasteiger partial charge in [0.05, 0.1) is 0 Å². The van der Waals surface area contributed by atoms with E-state index in [1.165, 1.54) is 19.2 Å². The lowest BCUT2D eigenvalue weighted by atomic mass is 10.4. The maximum Gasteiger partial charge on any atom is 0.244 e. The monoisotopic (exact) mass is 156 g/mol. The van der Waals surface area contributed by atoms with E-state index in [-0.39, 0.29) is 11.8 Å². The maximum atomic E-state index is 10.7. The van der Waals surface area contributed by atoms with Crippen molar-refractivity contribution < 1.29 is 9.59 Å². The molecule has 0 aromatic heterocycles. The fourth-order valence-electron chi connectivity index (χ4n) is 0.468. The average Bonchev–Trinajstić information content (AvgIpc) is 2.01. The van der Waals surface area contributed by atoms with Gasteiger partial charge in [-0.15, -0.1) is 0 Å². The van der Waals surface area contributed by atoms with E-state index in [1.807, 2.05) is 6.92 Å². The van der Waals surface area contributed by atoms with Gasteiger partial charge in [0.25, 0.3) is 0 Å². The average molecular weight is 156 g/mol. The first-order valence-corrected chi connectivity index (χ1v) is 3.38. The van der Waals surface area contributed by atoms with Gasteiger partial charge in [0.15, 0.2) is 0 Å². The number of likely N-dealkylation sites (N-methyl/N-ethyl adjacent to an activating group) is 2. The molecule has 0 radical (unpaired) electrons. The molecule has 0 fully saturated rings. The van der Waals surface area contributed by atoms with Crippen LogP contribution in [0.5, 0.6) is 0 Å². The standard InChI is InChI=1S/C7H12N2O2/c1-3-9-7(11)5-4-6(10)8-2/h4-5H,3H2,1-2H3,(H,8,10)(H,9,11)/b5-4+. The van der Waals surface area contributed by atoms with Gasteiger partial charge in [-0.05, 0) is 6.92 Å². The van der Waals surface area contributed by atoms with Crippen molar-refractivity contribution in [3.63, 3.8) is 0 Å². The number of rotatable bonds is 3. The lowest BCUT2D eigenvalue weighted by molar-refractivity contribution is -0.118. The van der Waals surface area contributed by atoms with Crippen molar-refractivity contribution in [3.05, 3.63) is 12.2 Å². The third-order valence-corrected chi connectivity index (χ3v) is 0.983. The Kier molecular flexibility index (Phi) is 4.81. The molecule has 0 unspecified atom stereocenters. The predicted molar refractivity (Wildman–Crippen MR) is 41.9 cm³/mol. The third kappa shape index (κ3) is 5.14. The second kappa shape index (κ2) is 5.46. The zero-order valence-electron chi connectivity index (χ0n) is 6.68. The second-order valence-electron chi connectivity index (χ2n) is 1.84. The van der Waals surface area contributed by atoms with E-state index in [4.69, 9.17) is 0 Å². The van der Waals surface area contributed by atoms with Crippen LogP contribution in [0, 0.1) is 0 Å². The summed E-state index contributed by atoms with van der Waals surface area (Å²) in [6.07, 6.45) is 2.38. The van der Waals surface area contributed by atoms with Crippen LogP contribution in [-0.4, -0.2) is 25.4 Å². The van der Waals surface area contributed by atoms with Crippen molar-refractivity contribution in [2.45, 2.75) is 6.92 Å². The van der Waals surface area contributed by atoms with Gasteiger partial charge in [-0.25, -0.2) is 0 Å². The van der Waals surface area contributed by atoms with Crippen molar-refractivity contribution in [2.24, 2.45) is 0 Å². The summed E-state index contributed by atoms with van der Waals surface area (Å²) in [5, 5.41) is 4.88. The Morgan fingerprint density at radius 2 is 1.82 bits per heavy atom. The van der Waals surface area contributed by atoms with E-state index < -0.39 is 0 Å². The van der Waals surface area contributed by atoms with Crippen LogP contribution in [0.1, 0.15) is 6.92 Å². The molecular formula is C7H12N2O2. The normalized spacial score (nSPS) is 9.64. The molecule has 0 saturated heterocycles. The summed E-state index contributed by atoms with van der Waals surface area (Å²) in [5.41, 5.74) is 0. The molecule has 62 valence electrons. The van der Waals surface area contributed by atoms with Gasteiger partial charge in [-0.1, -0.05) is 0 Å². The van der Waals surface area contributed by atoms with E-state index in [0.717, 1.165) is 0 Å². The van der Waals surface area contributed by atoms with E-state index in [0.29, 0.717) is 6.54 Å². The van der Waals surface area contributed by atoms with Crippen LogP contribution in [0.3, 0.4) is 0 Å². The maximum absolute atomic E-state index is 10.7. The van der Waals surface area contributed by atoms with Crippen LogP contribution in [0.4, 0.5) is 0 Å². The first kappa shape index (κ1) is 9.68. The molecule has 4 heteroatoms. The molecule has 2 amide bonds. The lowest BCUT2D eigenvalue weighted by Gasteiger charge is -1.93. The minimum absolute atomic E-state index is 0.254. The number of nitrogens with one attached hydrogen (secondary N) is 2. The molecule has 0 aliphatic rings. The number of hydrogen-bond acceptors (Lipinski definition) is 2. The summed E-state index contributed by atoms with van der Waals surface area (Å²) >= 11 is 0. The van der Waals surface area contributed by atoms with Crippen LogP contribution in [0.2, 0.25) is 0 Å². The fourth-order valence-corrected chi connectivity index (χ4v) is 0.468. The topological polar surface area (TPSA) is 58.2 Å². The predicted octanol–water partition coefficient (Wildman–Crippen LogP) is -0.575. The Morgan fingerprint density at radius 3 is 2.27 bits per heavy atom. The lowest BCUT2D eigenvalue weighted by Crippen LogP contribution is -2.21. The van der Waals surface area contributed by atoms with Crippen molar-refractivity contribution >= 4 is 11.8 Å². The van der Waals surface area contributed by atoms with Gasteiger partial charge in [0.1, 0.15) is 0 Å². The van der Waals surface area contributed by atoms with Gasteiger partial charge in [0, 0.05) is 25.7 Å². The quantitative estimate of drug-likeness (QED) is 0.537. The molecule has 0 spiro atoms. The zero-order chi connectivity index (χ0) is 8.69. The summed E-state index contributed by atoms with van der Waals surface area (Å²) in [7, 11) is 1.50. The largest absolute Gasteiger partial charge is 0.356 e. The van der Waals surface area contributed by atoms with Gasteiger partial charge >= 0.3 is 0 Å². The van der Waals surface area contributed by atoms with Crippen LogP contribution < -0.4 is 10.6 Å². The number of amides is 2. The van der Waals surface area contributed by atoms with Crippen molar-refractivity contribution in [2.75, 3.05) is 13.6 Å². The molecule has 0 heterocycles. The van der Waals surface area contributed by atoms with Crippen molar-refractivity contribution in [1.82, 2.24) is 10.6 Å². The fraction of sp³-hybridized carbons (Fsp3) is 0.429. The molecule has 2 N–H and O–H groups in total. The Bertz CT molecular complexity index is 175. The van der Waals surface area contributed by atoms with Crippen LogP contribution in [0.25, 0.3) is 0 Å². The molecule has 0 rings (SSSR count). The van der Waals surface area contributed by atoms with Gasteiger partial charge < -0.3 is 10.6 Å². The highest BCUT2D eigenvalue weighted by molar-refractivity contribution is 5.96. The molecule has 0 aromatic rings. The van der Waals surface area contributed by atoms with Crippen molar-refractivity contribution in [1.29, 1.82) is 0 Å². The molecule has 0 bridgehead atoms. The van der Waals surface area contributed by atoms with E-state index >= 15 is 0 Å². The van der Waals surface area contributed by atoms with E-state index in [9.17, 15) is 9.59 Å². The highest BCUT2D eigenvalue weighted by Gasteiger charge is 1.92. The molecular weight excluding hydrogens is 144 g/mol. The van der Waals surface area contributed by atoms with E-state index in [1.54, 1.807) is 0 Å². The van der Waals surface area contributed by atoms with Crippen LogP contribution >= 0.6 is 0 Å².